The van der Waals surface area contributed by atoms with E-state index in [4.69, 9.17) is 9.47 Å². The fourth-order valence-electron chi connectivity index (χ4n) is 4.17. The third-order valence-corrected chi connectivity index (χ3v) is 5.61. The molecule has 1 fully saturated rings. The Balaban J connectivity index is 2.07. The van der Waals surface area contributed by atoms with Crippen molar-refractivity contribution in [1.29, 1.82) is 0 Å². The number of piperazine rings is 1. The first-order valence-corrected chi connectivity index (χ1v) is 11.6. The largest absolute Gasteiger partial charge is 0.459 e. The van der Waals surface area contributed by atoms with Gasteiger partial charge in [0.05, 0.1) is 0 Å². The molecular formula is C25H39N3O5. The zero-order valence-electron chi connectivity index (χ0n) is 21.2. The molecule has 0 aliphatic carbocycles. The van der Waals surface area contributed by atoms with Gasteiger partial charge < -0.3 is 24.2 Å². The second-order valence-electron chi connectivity index (χ2n) is 10.2. The minimum Gasteiger partial charge on any atom is -0.459 e. The lowest BCUT2D eigenvalue weighted by Crippen LogP contribution is -2.63. The summed E-state index contributed by atoms with van der Waals surface area (Å²) in [6.45, 7) is 14.0. The molecule has 1 heterocycles. The van der Waals surface area contributed by atoms with Crippen LogP contribution in [0, 0.1) is 5.92 Å². The normalized spacial score (nSPS) is 19.8. The van der Waals surface area contributed by atoms with Crippen molar-refractivity contribution in [3.8, 4) is 0 Å². The predicted octanol–water partition coefficient (Wildman–Crippen LogP) is 4.14. The van der Waals surface area contributed by atoms with Crippen LogP contribution in [-0.2, 0) is 20.9 Å². The van der Waals surface area contributed by atoms with Gasteiger partial charge in [-0.3, -0.25) is 0 Å². The molecule has 184 valence electrons. The summed E-state index contributed by atoms with van der Waals surface area (Å²) in [4.78, 5) is 43.7. The van der Waals surface area contributed by atoms with E-state index in [1.54, 1.807) is 16.8 Å². The SMILES string of the molecule is CC(C)[C@@H](C(=O)OCc1ccccc1)N(C)C(=O)N1[C@H](C)CN(C(=O)OC(C)(C)C)C[C@H]1C. The van der Waals surface area contributed by atoms with Gasteiger partial charge in [-0.1, -0.05) is 44.2 Å². The first-order valence-electron chi connectivity index (χ1n) is 11.6. The Morgan fingerprint density at radius 2 is 1.61 bits per heavy atom. The van der Waals surface area contributed by atoms with Crippen LogP contribution in [0.1, 0.15) is 54.0 Å². The molecule has 1 saturated heterocycles. The van der Waals surface area contributed by atoms with Crippen LogP contribution in [0.2, 0.25) is 0 Å². The Labute approximate surface area is 197 Å². The standard InChI is InChI=1S/C25H39N3O5/c1-17(2)21(22(29)32-16-20-12-10-9-11-13-20)26(8)23(30)28-18(3)14-27(15-19(28)4)24(31)33-25(5,6)7/h9-13,17-19,21H,14-16H2,1-8H3/t18-,19-,21+/m1/s1. The predicted molar refractivity (Wildman–Crippen MR) is 127 cm³/mol. The number of amides is 3. The van der Waals surface area contributed by atoms with E-state index in [2.05, 4.69) is 0 Å². The number of carbonyl (C=O) groups is 3. The number of carbonyl (C=O) groups excluding carboxylic acids is 3. The van der Waals surface area contributed by atoms with Gasteiger partial charge in [-0.15, -0.1) is 0 Å². The summed E-state index contributed by atoms with van der Waals surface area (Å²) >= 11 is 0. The number of esters is 1. The maximum absolute atomic E-state index is 13.5. The van der Waals surface area contributed by atoms with Crippen LogP contribution in [0.3, 0.4) is 0 Å². The summed E-state index contributed by atoms with van der Waals surface area (Å²) in [6, 6.07) is 8.02. The second-order valence-corrected chi connectivity index (χ2v) is 10.2. The Hall–Kier alpha value is -2.77. The minimum absolute atomic E-state index is 0.129. The maximum Gasteiger partial charge on any atom is 0.410 e. The molecule has 3 atom stereocenters. The lowest BCUT2D eigenvalue weighted by Gasteiger charge is -2.46. The summed E-state index contributed by atoms with van der Waals surface area (Å²) in [5.41, 5.74) is 0.310. The summed E-state index contributed by atoms with van der Waals surface area (Å²) in [6.07, 6.45) is -0.383. The van der Waals surface area contributed by atoms with Gasteiger partial charge in [0.2, 0.25) is 0 Å². The molecule has 0 unspecified atom stereocenters. The molecule has 0 saturated carbocycles. The molecule has 0 spiro atoms. The number of nitrogens with zero attached hydrogens (tertiary/aromatic N) is 3. The fourth-order valence-corrected chi connectivity index (χ4v) is 4.17. The minimum atomic E-state index is -0.718. The van der Waals surface area contributed by atoms with Crippen LogP contribution in [0.25, 0.3) is 0 Å². The summed E-state index contributed by atoms with van der Waals surface area (Å²) in [5.74, 6) is -0.562. The highest BCUT2D eigenvalue weighted by Gasteiger charge is 2.40. The van der Waals surface area contributed by atoms with Crippen molar-refractivity contribution in [2.45, 2.75) is 78.8 Å². The Morgan fingerprint density at radius 1 is 1.06 bits per heavy atom. The number of hydrogen-bond acceptors (Lipinski definition) is 5. The van der Waals surface area contributed by atoms with Gasteiger partial charge in [-0.05, 0) is 46.1 Å². The summed E-state index contributed by atoms with van der Waals surface area (Å²) in [7, 11) is 1.64. The molecule has 8 nitrogen and oxygen atoms in total. The fraction of sp³-hybridized carbons (Fsp3) is 0.640. The number of rotatable bonds is 5. The van der Waals surface area contributed by atoms with E-state index < -0.39 is 17.6 Å². The molecule has 8 heteroatoms. The molecule has 2 rings (SSSR count). The zero-order valence-corrected chi connectivity index (χ0v) is 21.2. The molecule has 1 aliphatic heterocycles. The number of hydrogen-bond donors (Lipinski definition) is 0. The van der Waals surface area contributed by atoms with Crippen molar-refractivity contribution in [2.24, 2.45) is 5.92 Å². The quantitative estimate of drug-likeness (QED) is 0.616. The molecule has 1 aromatic carbocycles. The summed E-state index contributed by atoms with van der Waals surface area (Å²) in [5, 5.41) is 0. The smallest absolute Gasteiger partial charge is 0.410 e. The second kappa shape index (κ2) is 10.9. The number of likely N-dealkylation sites (N-methyl/N-ethyl adjacent to an activating group) is 1. The Kier molecular flexibility index (Phi) is 8.75. The number of urea groups is 1. The average Bonchev–Trinajstić information content (AvgIpc) is 2.70. The first-order chi connectivity index (χ1) is 15.3. The lowest BCUT2D eigenvalue weighted by molar-refractivity contribution is -0.151. The third kappa shape index (κ3) is 7.11. The van der Waals surface area contributed by atoms with Gasteiger partial charge in [-0.2, -0.15) is 0 Å². The molecular weight excluding hydrogens is 422 g/mol. The van der Waals surface area contributed by atoms with Crippen molar-refractivity contribution in [3.05, 3.63) is 35.9 Å². The van der Waals surface area contributed by atoms with E-state index in [0.717, 1.165) is 5.56 Å². The van der Waals surface area contributed by atoms with E-state index in [0.29, 0.717) is 13.1 Å². The number of benzene rings is 1. The third-order valence-electron chi connectivity index (χ3n) is 5.61. The molecule has 1 aliphatic rings. The number of ether oxygens (including phenoxy) is 2. The maximum atomic E-state index is 13.5. The summed E-state index contributed by atoms with van der Waals surface area (Å²) < 4.78 is 11.0. The van der Waals surface area contributed by atoms with Gasteiger partial charge in [0.1, 0.15) is 18.2 Å². The van der Waals surface area contributed by atoms with Crippen LogP contribution in [0.15, 0.2) is 30.3 Å². The molecule has 0 bridgehead atoms. The van der Waals surface area contributed by atoms with Crippen LogP contribution >= 0.6 is 0 Å². The topological polar surface area (TPSA) is 79.4 Å². The van der Waals surface area contributed by atoms with Gasteiger partial charge in [0, 0.05) is 32.2 Å². The van der Waals surface area contributed by atoms with Gasteiger partial charge >= 0.3 is 18.1 Å². The van der Waals surface area contributed by atoms with Gasteiger partial charge in [-0.25, -0.2) is 14.4 Å². The first kappa shape index (κ1) is 26.5. The van der Waals surface area contributed by atoms with Crippen molar-refractivity contribution < 1.29 is 23.9 Å². The lowest BCUT2D eigenvalue weighted by atomic mass is 10.0. The highest BCUT2D eigenvalue weighted by molar-refractivity contribution is 5.84. The van der Waals surface area contributed by atoms with Gasteiger partial charge in [0.15, 0.2) is 0 Å². The van der Waals surface area contributed by atoms with Crippen molar-refractivity contribution >= 4 is 18.1 Å². The van der Waals surface area contributed by atoms with E-state index in [1.807, 2.05) is 78.8 Å². The molecule has 0 N–H and O–H groups in total. The Bertz CT molecular complexity index is 809. The van der Waals surface area contributed by atoms with Crippen LogP contribution < -0.4 is 0 Å². The van der Waals surface area contributed by atoms with Crippen molar-refractivity contribution in [3.63, 3.8) is 0 Å². The van der Waals surface area contributed by atoms with Crippen LogP contribution in [-0.4, -0.2) is 76.7 Å². The molecule has 33 heavy (non-hydrogen) atoms. The molecule has 1 aromatic rings. The van der Waals surface area contributed by atoms with Crippen molar-refractivity contribution in [1.82, 2.24) is 14.7 Å². The van der Waals surface area contributed by atoms with Crippen LogP contribution in [0.5, 0.6) is 0 Å². The zero-order chi connectivity index (χ0) is 24.9. The Morgan fingerprint density at radius 3 is 2.09 bits per heavy atom. The monoisotopic (exact) mass is 461 g/mol. The van der Waals surface area contributed by atoms with E-state index >= 15 is 0 Å². The highest BCUT2D eigenvalue weighted by Crippen LogP contribution is 2.22. The highest BCUT2D eigenvalue weighted by atomic mass is 16.6. The van der Waals surface area contributed by atoms with E-state index in [-0.39, 0.29) is 36.7 Å². The average molecular weight is 462 g/mol. The van der Waals surface area contributed by atoms with Crippen molar-refractivity contribution in [2.75, 3.05) is 20.1 Å². The van der Waals surface area contributed by atoms with Crippen LogP contribution in [0.4, 0.5) is 9.59 Å². The van der Waals surface area contributed by atoms with E-state index in [9.17, 15) is 14.4 Å². The van der Waals surface area contributed by atoms with Gasteiger partial charge in [0.25, 0.3) is 0 Å². The molecule has 3 amide bonds. The van der Waals surface area contributed by atoms with E-state index in [1.165, 1.54) is 4.90 Å². The molecule has 0 radical (unpaired) electrons. The molecule has 0 aromatic heterocycles.